The van der Waals surface area contributed by atoms with Gasteiger partial charge in [0.25, 0.3) is 0 Å². The first-order valence-electron chi connectivity index (χ1n) is 15.1. The second-order valence-electron chi connectivity index (χ2n) is 12.7. The number of aromatic hydroxyl groups is 1. The fraction of sp³-hybridized carbons (Fsp3) is 0.750. The van der Waals surface area contributed by atoms with E-state index in [1.165, 1.54) is 82.2 Å². The summed E-state index contributed by atoms with van der Waals surface area (Å²) in [5, 5.41) is 21.5. The zero-order valence-corrected chi connectivity index (χ0v) is 26.0. The van der Waals surface area contributed by atoms with Crippen molar-refractivity contribution in [3.8, 4) is 5.75 Å². The summed E-state index contributed by atoms with van der Waals surface area (Å²) in [6, 6.07) is 4.16. The molecular formula is C32H52O2Sn. The quantitative estimate of drug-likeness (QED) is 0.254. The van der Waals surface area contributed by atoms with E-state index in [0.29, 0.717) is 23.5 Å². The maximum atomic E-state index is 10.8. The molecule has 3 heteroatoms. The normalized spacial score (nSPS) is 30.3. The average Bonchev–Trinajstić information content (AvgIpc) is 3.16. The summed E-state index contributed by atoms with van der Waals surface area (Å²) in [4.78, 5) is 0. The molecule has 2 nitrogen and oxygen atoms in total. The van der Waals surface area contributed by atoms with Crippen molar-refractivity contribution < 1.29 is 10.2 Å². The molecule has 3 aliphatic carbocycles. The topological polar surface area (TPSA) is 40.5 Å². The molecule has 0 amide bonds. The molecule has 2 N–H and O–H groups in total. The molecule has 2 fully saturated rings. The molecule has 3 aliphatic rings. The summed E-state index contributed by atoms with van der Waals surface area (Å²) in [5.74, 6) is 2.42. The van der Waals surface area contributed by atoms with E-state index in [9.17, 15) is 10.2 Å². The van der Waals surface area contributed by atoms with Crippen molar-refractivity contribution in [2.45, 2.75) is 130 Å². The zero-order valence-electron chi connectivity index (χ0n) is 23.1. The number of phenols is 1. The standard InChI is InChI=1S/C20H25O2.3C4H9.Sn/c1-3-12-10-14(21)11-13-4-5-15-16(19(12)13)8-9-20(2)17(15)6-7-18(20)22;3*1-3-4-2;/h1,3,10-11,15-18,21-22H,4-9H2,2H3;3*1,3-4H2,2H3;/t15-,16+,17+,18+,20+;;;;/m1..../s1. The van der Waals surface area contributed by atoms with Gasteiger partial charge in [0.15, 0.2) is 0 Å². The van der Waals surface area contributed by atoms with Gasteiger partial charge in [0.1, 0.15) is 0 Å². The van der Waals surface area contributed by atoms with Gasteiger partial charge in [-0.1, -0.05) is 0 Å². The Morgan fingerprint density at radius 1 is 0.943 bits per heavy atom. The van der Waals surface area contributed by atoms with E-state index in [0.717, 1.165) is 19.3 Å². The molecule has 0 unspecified atom stereocenters. The molecule has 1 aromatic rings. The second-order valence-corrected chi connectivity index (χ2v) is 25.7. The van der Waals surface area contributed by atoms with Gasteiger partial charge in [-0.25, -0.2) is 0 Å². The van der Waals surface area contributed by atoms with Crippen LogP contribution < -0.4 is 0 Å². The third-order valence-electron chi connectivity index (χ3n) is 10.5. The van der Waals surface area contributed by atoms with Crippen LogP contribution >= 0.6 is 0 Å². The number of hydrogen-bond donors (Lipinski definition) is 2. The molecule has 0 heterocycles. The summed E-state index contributed by atoms with van der Waals surface area (Å²) in [7, 11) is 0. The maximum absolute atomic E-state index is 10.8. The number of unbranched alkanes of at least 4 members (excludes halogenated alkanes) is 3. The predicted molar refractivity (Wildman–Crippen MR) is 153 cm³/mol. The van der Waals surface area contributed by atoms with Crippen LogP contribution in [0.4, 0.5) is 0 Å². The van der Waals surface area contributed by atoms with Gasteiger partial charge >= 0.3 is 221 Å². The van der Waals surface area contributed by atoms with Gasteiger partial charge in [-0.15, -0.1) is 0 Å². The van der Waals surface area contributed by atoms with Gasteiger partial charge in [0.05, 0.1) is 0 Å². The molecule has 0 radical (unpaired) electrons. The number of hydrogen-bond acceptors (Lipinski definition) is 2. The van der Waals surface area contributed by atoms with E-state index in [-0.39, 0.29) is 11.5 Å². The van der Waals surface area contributed by atoms with E-state index in [1.807, 2.05) is 0 Å². The summed E-state index contributed by atoms with van der Waals surface area (Å²) in [6.07, 6.45) is 17.3. The van der Waals surface area contributed by atoms with Crippen molar-refractivity contribution in [3.63, 3.8) is 0 Å². The Balaban J connectivity index is 1.69. The van der Waals surface area contributed by atoms with Gasteiger partial charge in [0.2, 0.25) is 0 Å². The number of aryl methyl sites for hydroxylation is 1. The van der Waals surface area contributed by atoms with E-state index >= 15 is 0 Å². The summed E-state index contributed by atoms with van der Waals surface area (Å²) < 4.78 is 7.27. The van der Waals surface area contributed by atoms with Gasteiger partial charge in [-0.3, -0.25) is 0 Å². The van der Waals surface area contributed by atoms with Gasteiger partial charge < -0.3 is 0 Å². The molecule has 1 aromatic carbocycles. The van der Waals surface area contributed by atoms with Crippen molar-refractivity contribution in [1.82, 2.24) is 0 Å². The molecular weight excluding hydrogens is 535 g/mol. The number of fused-ring (bicyclic) bond motifs is 5. The van der Waals surface area contributed by atoms with Crippen molar-refractivity contribution in [1.29, 1.82) is 0 Å². The number of rotatable bonds is 11. The van der Waals surface area contributed by atoms with Crippen LogP contribution in [0.25, 0.3) is 6.08 Å². The molecule has 2 saturated carbocycles. The Morgan fingerprint density at radius 3 is 2.23 bits per heavy atom. The van der Waals surface area contributed by atoms with Crippen LogP contribution in [0.3, 0.4) is 0 Å². The van der Waals surface area contributed by atoms with Crippen LogP contribution in [0.1, 0.15) is 121 Å². The molecule has 5 atom stereocenters. The molecule has 196 valence electrons. The monoisotopic (exact) mass is 588 g/mol. The Kier molecular flexibility index (Phi) is 9.39. The first-order chi connectivity index (χ1) is 16.9. The Labute approximate surface area is 219 Å². The number of benzene rings is 1. The van der Waals surface area contributed by atoms with Gasteiger partial charge in [-0.05, 0) is 0 Å². The van der Waals surface area contributed by atoms with Crippen LogP contribution in [0.2, 0.25) is 13.3 Å². The minimum atomic E-state index is -2.39. The fourth-order valence-electron chi connectivity index (χ4n) is 8.34. The van der Waals surface area contributed by atoms with Crippen LogP contribution in [-0.4, -0.2) is 34.7 Å². The number of aliphatic hydroxyl groups excluding tert-OH is 1. The first kappa shape index (κ1) is 27.6. The molecule has 35 heavy (non-hydrogen) atoms. The van der Waals surface area contributed by atoms with Crippen molar-refractivity contribution in [2.75, 3.05) is 0 Å². The van der Waals surface area contributed by atoms with Gasteiger partial charge in [-0.2, -0.15) is 0 Å². The second kappa shape index (κ2) is 11.9. The van der Waals surface area contributed by atoms with Crippen LogP contribution in [0.15, 0.2) is 16.2 Å². The predicted octanol–water partition coefficient (Wildman–Crippen LogP) is 9.01. The summed E-state index contributed by atoms with van der Waals surface area (Å²) in [6.45, 7) is 9.42. The molecule has 0 spiro atoms. The van der Waals surface area contributed by atoms with E-state index < -0.39 is 18.4 Å². The zero-order chi connectivity index (χ0) is 25.1. The van der Waals surface area contributed by atoms with E-state index in [1.54, 1.807) is 5.56 Å². The van der Waals surface area contributed by atoms with E-state index in [4.69, 9.17) is 0 Å². The Hall–Kier alpha value is -0.481. The third kappa shape index (κ3) is 5.69. The van der Waals surface area contributed by atoms with Gasteiger partial charge in [0, 0.05) is 0 Å². The Morgan fingerprint density at radius 2 is 1.60 bits per heavy atom. The molecule has 0 aliphatic heterocycles. The van der Waals surface area contributed by atoms with Crippen molar-refractivity contribution in [2.24, 2.45) is 17.3 Å². The van der Waals surface area contributed by atoms with Crippen LogP contribution in [-0.2, 0) is 6.42 Å². The average molecular weight is 587 g/mol. The van der Waals surface area contributed by atoms with Crippen molar-refractivity contribution in [3.05, 3.63) is 32.9 Å². The van der Waals surface area contributed by atoms with Crippen LogP contribution in [0.5, 0.6) is 5.75 Å². The number of phenolic OH excluding ortho intramolecular Hbond substituents is 1. The summed E-state index contributed by atoms with van der Waals surface area (Å²) >= 11 is -2.39. The Bertz CT molecular complexity index is 855. The third-order valence-corrected chi connectivity index (χ3v) is 24.5. The fourth-order valence-corrected chi connectivity index (χ4v) is 22.5. The molecule has 0 aromatic heterocycles. The molecule has 4 rings (SSSR count). The summed E-state index contributed by atoms with van der Waals surface area (Å²) in [5.41, 5.74) is 4.44. The van der Waals surface area contributed by atoms with E-state index in [2.05, 4.69) is 50.0 Å². The molecule has 0 saturated heterocycles. The van der Waals surface area contributed by atoms with Crippen LogP contribution in [0, 0.1) is 17.3 Å². The van der Waals surface area contributed by atoms with Crippen molar-refractivity contribution >= 4 is 24.5 Å². The molecule has 0 bridgehead atoms. The minimum absolute atomic E-state index is 0.112. The number of aliphatic hydroxyl groups is 1. The first-order valence-corrected chi connectivity index (χ1v) is 22.8. The SMILES string of the molecule is CCC[CH2][Sn](/[CH]=C/c1cc(O)cc2c1[C@H]1CC[C@]3(C)[C@@H](O)CC[C@H]3[C@@H]1CC2)([CH2]CCC)[CH2]CCC.